The normalized spacial score (nSPS) is 9.91. The second-order valence-corrected chi connectivity index (χ2v) is 4.80. The Morgan fingerprint density at radius 1 is 1.17 bits per heavy atom. The lowest BCUT2D eigenvalue weighted by Crippen LogP contribution is -2.22. The van der Waals surface area contributed by atoms with E-state index in [2.05, 4.69) is 20.6 Å². The van der Waals surface area contributed by atoms with Crippen molar-refractivity contribution in [1.29, 1.82) is 0 Å². The Hall–Kier alpha value is -3.03. The largest absolute Gasteiger partial charge is 0.497 e. The molecule has 0 aliphatic heterocycles. The topological polar surface area (TPSA) is 88.6 Å². The molecule has 2 aromatic rings. The minimum atomic E-state index is -0.407. The number of benzene rings is 1. The molecule has 0 aliphatic rings. The molecule has 1 aromatic carbocycles. The highest BCUT2D eigenvalue weighted by Gasteiger charge is 2.12. The SMILES string of the molecule is COc1cccc(NC(=O)Nc2cnc(OC)nc2N(C)C)c1. The van der Waals surface area contributed by atoms with Gasteiger partial charge in [-0.2, -0.15) is 4.98 Å². The number of anilines is 3. The van der Waals surface area contributed by atoms with E-state index >= 15 is 0 Å². The van der Waals surface area contributed by atoms with E-state index in [1.54, 1.807) is 36.3 Å². The van der Waals surface area contributed by atoms with Gasteiger partial charge in [-0.3, -0.25) is 0 Å². The van der Waals surface area contributed by atoms with Crippen LogP contribution < -0.4 is 25.0 Å². The van der Waals surface area contributed by atoms with Gasteiger partial charge in [0.15, 0.2) is 5.82 Å². The Bertz CT molecular complexity index is 691. The van der Waals surface area contributed by atoms with Crippen molar-refractivity contribution < 1.29 is 14.3 Å². The maximum Gasteiger partial charge on any atom is 0.323 e. The predicted octanol–water partition coefficient (Wildman–Crippen LogP) is 2.20. The Morgan fingerprint density at radius 3 is 2.61 bits per heavy atom. The van der Waals surface area contributed by atoms with E-state index in [0.717, 1.165) is 0 Å². The highest BCUT2D eigenvalue weighted by Crippen LogP contribution is 2.23. The summed E-state index contributed by atoms with van der Waals surface area (Å²) in [5.41, 5.74) is 1.08. The standard InChI is InChI=1S/C15H19N5O3/c1-20(2)13-12(9-16-15(19-13)23-4)18-14(21)17-10-6-5-7-11(8-10)22-3/h5-9H,1-4H3,(H2,17,18,21). The highest BCUT2D eigenvalue weighted by molar-refractivity contribution is 6.01. The summed E-state index contributed by atoms with van der Waals surface area (Å²) in [7, 11) is 6.68. The molecule has 0 aliphatic carbocycles. The van der Waals surface area contributed by atoms with Crippen molar-refractivity contribution in [3.63, 3.8) is 0 Å². The predicted molar refractivity (Wildman–Crippen MR) is 88.5 cm³/mol. The minimum absolute atomic E-state index is 0.229. The third-order valence-corrected chi connectivity index (χ3v) is 2.93. The van der Waals surface area contributed by atoms with Crippen LogP contribution in [0.15, 0.2) is 30.5 Å². The van der Waals surface area contributed by atoms with Gasteiger partial charge in [0.2, 0.25) is 0 Å². The number of hydrogen-bond donors (Lipinski definition) is 2. The molecule has 0 unspecified atom stereocenters. The monoisotopic (exact) mass is 317 g/mol. The fourth-order valence-electron chi connectivity index (χ4n) is 1.87. The van der Waals surface area contributed by atoms with E-state index < -0.39 is 6.03 Å². The zero-order valence-electron chi connectivity index (χ0n) is 13.5. The number of ether oxygens (including phenoxy) is 2. The zero-order chi connectivity index (χ0) is 16.8. The molecule has 0 spiro atoms. The first-order valence-corrected chi connectivity index (χ1v) is 6.84. The van der Waals surface area contributed by atoms with E-state index in [4.69, 9.17) is 9.47 Å². The van der Waals surface area contributed by atoms with E-state index in [0.29, 0.717) is 22.9 Å². The number of amides is 2. The van der Waals surface area contributed by atoms with Crippen LogP contribution >= 0.6 is 0 Å². The van der Waals surface area contributed by atoms with Crippen molar-refractivity contribution in [2.45, 2.75) is 0 Å². The third-order valence-electron chi connectivity index (χ3n) is 2.93. The van der Waals surface area contributed by atoms with Crippen molar-refractivity contribution in [2.24, 2.45) is 0 Å². The van der Waals surface area contributed by atoms with Crippen LogP contribution in [0.5, 0.6) is 11.8 Å². The van der Waals surface area contributed by atoms with Crippen LogP contribution in [0.25, 0.3) is 0 Å². The van der Waals surface area contributed by atoms with Crippen molar-refractivity contribution in [3.05, 3.63) is 30.5 Å². The van der Waals surface area contributed by atoms with Gasteiger partial charge >= 0.3 is 12.0 Å². The molecular formula is C15H19N5O3. The Labute approximate surface area is 134 Å². The molecule has 0 fully saturated rings. The van der Waals surface area contributed by atoms with Gasteiger partial charge in [0.25, 0.3) is 0 Å². The van der Waals surface area contributed by atoms with Crippen LogP contribution in [0.2, 0.25) is 0 Å². The van der Waals surface area contributed by atoms with Crippen molar-refractivity contribution >= 4 is 23.2 Å². The maximum absolute atomic E-state index is 12.1. The molecule has 0 saturated carbocycles. The van der Waals surface area contributed by atoms with Gasteiger partial charge in [-0.1, -0.05) is 6.07 Å². The number of aromatic nitrogens is 2. The molecule has 0 saturated heterocycles. The summed E-state index contributed by atoms with van der Waals surface area (Å²) in [4.78, 5) is 22.1. The van der Waals surface area contributed by atoms with Gasteiger partial charge in [-0.25, -0.2) is 9.78 Å². The van der Waals surface area contributed by atoms with Gasteiger partial charge in [0, 0.05) is 25.8 Å². The number of carbonyl (C=O) groups is 1. The molecule has 122 valence electrons. The van der Waals surface area contributed by atoms with Crippen molar-refractivity contribution in [2.75, 3.05) is 43.8 Å². The summed E-state index contributed by atoms with van der Waals surface area (Å²) < 4.78 is 10.1. The van der Waals surface area contributed by atoms with Gasteiger partial charge < -0.3 is 25.0 Å². The molecule has 2 amide bonds. The molecular weight excluding hydrogens is 298 g/mol. The number of methoxy groups -OCH3 is 2. The van der Waals surface area contributed by atoms with Gasteiger partial charge in [0.1, 0.15) is 11.4 Å². The van der Waals surface area contributed by atoms with E-state index in [-0.39, 0.29) is 6.01 Å². The molecule has 2 rings (SSSR count). The summed E-state index contributed by atoms with van der Waals surface area (Å²) >= 11 is 0. The van der Waals surface area contributed by atoms with E-state index in [1.807, 2.05) is 14.1 Å². The van der Waals surface area contributed by atoms with Crippen LogP contribution in [0.1, 0.15) is 0 Å². The molecule has 2 N–H and O–H groups in total. The zero-order valence-corrected chi connectivity index (χ0v) is 13.5. The van der Waals surface area contributed by atoms with Crippen molar-refractivity contribution in [1.82, 2.24) is 9.97 Å². The number of rotatable bonds is 5. The second kappa shape index (κ2) is 7.30. The first-order chi connectivity index (χ1) is 11.0. The van der Waals surface area contributed by atoms with Gasteiger partial charge in [-0.15, -0.1) is 0 Å². The van der Waals surface area contributed by atoms with E-state index in [1.165, 1.54) is 13.3 Å². The summed E-state index contributed by atoms with van der Waals surface area (Å²) in [5.74, 6) is 1.20. The van der Waals surface area contributed by atoms with Gasteiger partial charge in [0.05, 0.1) is 20.4 Å². The van der Waals surface area contributed by atoms with Crippen LogP contribution in [0.3, 0.4) is 0 Å². The lowest BCUT2D eigenvalue weighted by Gasteiger charge is -2.17. The Morgan fingerprint density at radius 2 is 1.96 bits per heavy atom. The Kier molecular flexibility index (Phi) is 5.19. The molecule has 1 aromatic heterocycles. The average Bonchev–Trinajstić information content (AvgIpc) is 2.55. The smallest absolute Gasteiger partial charge is 0.323 e. The summed E-state index contributed by atoms with van der Waals surface area (Å²) in [6.45, 7) is 0. The maximum atomic E-state index is 12.1. The highest BCUT2D eigenvalue weighted by atomic mass is 16.5. The molecule has 1 heterocycles. The van der Waals surface area contributed by atoms with Crippen molar-refractivity contribution in [3.8, 4) is 11.8 Å². The number of nitrogens with one attached hydrogen (secondary N) is 2. The fourth-order valence-corrected chi connectivity index (χ4v) is 1.87. The molecule has 8 heteroatoms. The lowest BCUT2D eigenvalue weighted by atomic mass is 10.3. The van der Waals surface area contributed by atoms with Crippen LogP contribution in [-0.2, 0) is 0 Å². The first-order valence-electron chi connectivity index (χ1n) is 6.84. The summed E-state index contributed by atoms with van der Waals surface area (Å²) in [6, 6.07) is 6.89. The quantitative estimate of drug-likeness (QED) is 0.879. The Balaban J connectivity index is 2.13. The molecule has 8 nitrogen and oxygen atoms in total. The fraction of sp³-hybridized carbons (Fsp3) is 0.267. The molecule has 0 bridgehead atoms. The average molecular weight is 317 g/mol. The number of urea groups is 1. The van der Waals surface area contributed by atoms with Crippen LogP contribution in [0.4, 0.5) is 22.0 Å². The molecule has 0 atom stereocenters. The van der Waals surface area contributed by atoms with Crippen LogP contribution in [0, 0.1) is 0 Å². The number of nitrogens with zero attached hydrogens (tertiary/aromatic N) is 3. The summed E-state index contributed by atoms with van der Waals surface area (Å²) in [5, 5.41) is 5.44. The summed E-state index contributed by atoms with van der Waals surface area (Å²) in [6.07, 6.45) is 1.49. The lowest BCUT2D eigenvalue weighted by molar-refractivity contribution is 0.262. The van der Waals surface area contributed by atoms with Crippen LogP contribution in [-0.4, -0.2) is 44.3 Å². The molecule has 0 radical (unpaired) electrons. The second-order valence-electron chi connectivity index (χ2n) is 4.80. The first kappa shape index (κ1) is 16.3. The van der Waals surface area contributed by atoms with Gasteiger partial charge in [-0.05, 0) is 12.1 Å². The third kappa shape index (κ3) is 4.22. The number of carbonyl (C=O) groups excluding carboxylic acids is 1. The molecule has 23 heavy (non-hydrogen) atoms. The number of hydrogen-bond acceptors (Lipinski definition) is 6. The van der Waals surface area contributed by atoms with E-state index in [9.17, 15) is 4.79 Å². The minimum Gasteiger partial charge on any atom is -0.497 e.